The first-order chi connectivity index (χ1) is 11.2. The van der Waals surface area contributed by atoms with Crippen LogP contribution in [0.4, 0.5) is 0 Å². The molecule has 114 valence electrons. The van der Waals surface area contributed by atoms with E-state index >= 15 is 0 Å². The van der Waals surface area contributed by atoms with Crippen molar-refractivity contribution in [2.45, 2.75) is 6.92 Å². The van der Waals surface area contributed by atoms with Crippen LogP contribution in [0.15, 0.2) is 65.9 Å². The van der Waals surface area contributed by atoms with E-state index in [0.717, 1.165) is 10.8 Å². The highest BCUT2D eigenvalue weighted by Gasteiger charge is 2.10. The molecule has 0 aliphatic carbocycles. The van der Waals surface area contributed by atoms with Gasteiger partial charge in [-0.3, -0.25) is 9.78 Å². The molecule has 1 heterocycles. The number of carbonyl (C=O) groups excluding carboxylic acids is 1. The fraction of sp³-hybridized carbons (Fsp3) is 0.0556. The number of hydrogen-bond acceptors (Lipinski definition) is 4. The van der Waals surface area contributed by atoms with Crippen molar-refractivity contribution in [2.24, 2.45) is 5.10 Å². The van der Waals surface area contributed by atoms with Crippen molar-refractivity contribution in [2.75, 3.05) is 0 Å². The minimum Gasteiger partial charge on any atom is -0.507 e. The number of aromatic nitrogens is 1. The Balaban J connectivity index is 1.87. The lowest BCUT2D eigenvalue weighted by Crippen LogP contribution is -2.20. The second kappa shape index (κ2) is 6.27. The second-order valence-electron chi connectivity index (χ2n) is 5.04. The average molecular weight is 305 g/mol. The molecule has 2 N–H and O–H groups in total. The van der Waals surface area contributed by atoms with Crippen molar-refractivity contribution >= 4 is 22.4 Å². The fourth-order valence-corrected chi connectivity index (χ4v) is 2.30. The number of amides is 1. The van der Waals surface area contributed by atoms with Crippen molar-refractivity contribution in [1.29, 1.82) is 0 Å². The Labute approximate surface area is 133 Å². The molecular weight excluding hydrogens is 290 g/mol. The first-order valence-corrected chi connectivity index (χ1v) is 7.13. The van der Waals surface area contributed by atoms with E-state index in [-0.39, 0.29) is 11.4 Å². The monoisotopic (exact) mass is 305 g/mol. The molecule has 0 aliphatic rings. The number of pyridine rings is 1. The van der Waals surface area contributed by atoms with Crippen LogP contribution >= 0.6 is 0 Å². The third-order valence-corrected chi connectivity index (χ3v) is 3.51. The molecule has 23 heavy (non-hydrogen) atoms. The molecule has 3 rings (SSSR count). The Bertz CT molecular complexity index is 889. The van der Waals surface area contributed by atoms with E-state index in [1.807, 2.05) is 30.3 Å². The zero-order valence-electron chi connectivity index (χ0n) is 12.5. The Hall–Kier alpha value is -3.21. The van der Waals surface area contributed by atoms with Gasteiger partial charge in [-0.2, -0.15) is 5.10 Å². The number of phenols is 1. The normalized spacial score (nSPS) is 11.4. The first kappa shape index (κ1) is 14.7. The maximum absolute atomic E-state index is 11.9. The molecule has 5 nitrogen and oxygen atoms in total. The molecule has 0 fully saturated rings. The van der Waals surface area contributed by atoms with Crippen LogP contribution in [-0.2, 0) is 0 Å². The number of carbonyl (C=O) groups is 1. The summed E-state index contributed by atoms with van der Waals surface area (Å²) in [6, 6.07) is 16.3. The predicted molar refractivity (Wildman–Crippen MR) is 89.5 cm³/mol. The molecule has 0 spiro atoms. The summed E-state index contributed by atoms with van der Waals surface area (Å²) in [7, 11) is 0. The van der Waals surface area contributed by atoms with Gasteiger partial charge in [0.2, 0.25) is 0 Å². The van der Waals surface area contributed by atoms with E-state index in [1.54, 1.807) is 37.4 Å². The maximum atomic E-state index is 11.9. The van der Waals surface area contributed by atoms with Gasteiger partial charge in [-0.1, -0.05) is 36.4 Å². The number of nitrogens with zero attached hydrogens (tertiary/aromatic N) is 2. The van der Waals surface area contributed by atoms with Crippen molar-refractivity contribution in [3.8, 4) is 5.75 Å². The van der Waals surface area contributed by atoms with Gasteiger partial charge < -0.3 is 5.11 Å². The van der Waals surface area contributed by atoms with Crippen LogP contribution in [0.1, 0.15) is 23.0 Å². The van der Waals surface area contributed by atoms with Gasteiger partial charge in [0.1, 0.15) is 11.4 Å². The number of rotatable bonds is 3. The van der Waals surface area contributed by atoms with Gasteiger partial charge in [0.15, 0.2) is 0 Å². The van der Waals surface area contributed by atoms with Crippen molar-refractivity contribution < 1.29 is 9.90 Å². The van der Waals surface area contributed by atoms with Crippen LogP contribution in [0.5, 0.6) is 5.75 Å². The fourth-order valence-electron chi connectivity index (χ4n) is 2.30. The lowest BCUT2D eigenvalue weighted by atomic mass is 10.0. The quantitative estimate of drug-likeness (QED) is 0.577. The minimum atomic E-state index is -0.398. The summed E-state index contributed by atoms with van der Waals surface area (Å²) >= 11 is 0. The third kappa shape index (κ3) is 3.03. The minimum absolute atomic E-state index is 0.149. The maximum Gasteiger partial charge on any atom is 0.289 e. The third-order valence-electron chi connectivity index (χ3n) is 3.51. The number of benzene rings is 2. The van der Waals surface area contributed by atoms with Gasteiger partial charge in [0.05, 0.1) is 5.71 Å². The van der Waals surface area contributed by atoms with Crippen LogP contribution < -0.4 is 5.43 Å². The molecule has 0 saturated heterocycles. The number of nitrogens with one attached hydrogen (secondary N) is 1. The zero-order chi connectivity index (χ0) is 16.2. The Morgan fingerprint density at radius 3 is 2.65 bits per heavy atom. The van der Waals surface area contributed by atoms with Gasteiger partial charge in [-0.25, -0.2) is 5.43 Å². The molecule has 1 aromatic heterocycles. The van der Waals surface area contributed by atoms with Crippen molar-refractivity contribution in [1.82, 2.24) is 10.4 Å². The summed E-state index contributed by atoms with van der Waals surface area (Å²) in [5.41, 5.74) is 3.82. The van der Waals surface area contributed by atoms with Gasteiger partial charge in [0.25, 0.3) is 5.91 Å². The highest BCUT2D eigenvalue weighted by Crippen LogP contribution is 2.28. The Morgan fingerprint density at radius 2 is 1.87 bits per heavy atom. The number of hydrazone groups is 1. The van der Waals surface area contributed by atoms with Crippen LogP contribution in [0.25, 0.3) is 10.8 Å². The lowest BCUT2D eigenvalue weighted by molar-refractivity contribution is 0.0950. The summed E-state index contributed by atoms with van der Waals surface area (Å²) in [4.78, 5) is 15.9. The summed E-state index contributed by atoms with van der Waals surface area (Å²) < 4.78 is 0. The van der Waals surface area contributed by atoms with Gasteiger partial charge in [0, 0.05) is 17.1 Å². The summed E-state index contributed by atoms with van der Waals surface area (Å²) in [6.07, 6.45) is 1.54. The van der Waals surface area contributed by atoms with Crippen molar-refractivity contribution in [3.63, 3.8) is 0 Å². The molecule has 0 radical (unpaired) electrons. The molecule has 0 atom stereocenters. The molecule has 1 amide bonds. The standard InChI is InChI=1S/C18H15N3O2/c1-12(20-21-18(23)16-8-4-5-11-19-16)14-10-9-13-6-2-3-7-15(13)17(14)22/h2-11,22H,1H3,(H,21,23). The zero-order valence-corrected chi connectivity index (χ0v) is 12.5. The first-order valence-electron chi connectivity index (χ1n) is 7.13. The number of phenolic OH excluding ortho intramolecular Hbond substituents is 1. The lowest BCUT2D eigenvalue weighted by Gasteiger charge is -2.08. The van der Waals surface area contributed by atoms with Crippen LogP contribution in [0, 0.1) is 0 Å². The molecule has 0 saturated carbocycles. The SMILES string of the molecule is CC(=NNC(=O)c1ccccn1)c1ccc2ccccc2c1O. The van der Waals surface area contributed by atoms with Gasteiger partial charge in [-0.05, 0) is 30.5 Å². The van der Waals surface area contributed by atoms with E-state index in [4.69, 9.17) is 0 Å². The van der Waals surface area contributed by atoms with Crippen LogP contribution in [0.2, 0.25) is 0 Å². The van der Waals surface area contributed by atoms with E-state index in [9.17, 15) is 9.90 Å². The topological polar surface area (TPSA) is 74.6 Å². The average Bonchev–Trinajstić information content (AvgIpc) is 2.60. The summed E-state index contributed by atoms with van der Waals surface area (Å²) in [6.45, 7) is 1.72. The molecule has 3 aromatic rings. The number of hydrogen-bond donors (Lipinski definition) is 2. The molecule has 0 unspecified atom stereocenters. The highest BCUT2D eigenvalue weighted by molar-refractivity contribution is 6.06. The van der Waals surface area contributed by atoms with Crippen LogP contribution in [-0.4, -0.2) is 21.7 Å². The van der Waals surface area contributed by atoms with Crippen LogP contribution in [0.3, 0.4) is 0 Å². The molecule has 2 aromatic carbocycles. The molecule has 5 heteroatoms. The summed E-state index contributed by atoms with van der Waals surface area (Å²) in [5, 5.41) is 16.1. The number of fused-ring (bicyclic) bond motifs is 1. The number of aromatic hydroxyl groups is 1. The van der Waals surface area contributed by atoms with Crippen molar-refractivity contribution in [3.05, 3.63) is 72.1 Å². The largest absolute Gasteiger partial charge is 0.507 e. The molecular formula is C18H15N3O2. The van der Waals surface area contributed by atoms with E-state index in [0.29, 0.717) is 11.3 Å². The Kier molecular flexibility index (Phi) is 4.01. The smallest absolute Gasteiger partial charge is 0.289 e. The second-order valence-corrected chi connectivity index (χ2v) is 5.04. The Morgan fingerprint density at radius 1 is 1.09 bits per heavy atom. The van der Waals surface area contributed by atoms with Gasteiger partial charge in [-0.15, -0.1) is 0 Å². The highest BCUT2D eigenvalue weighted by atomic mass is 16.3. The summed E-state index contributed by atoms with van der Waals surface area (Å²) in [5.74, 6) is -0.248. The van der Waals surface area contributed by atoms with Gasteiger partial charge >= 0.3 is 0 Å². The predicted octanol–water partition coefficient (Wildman–Crippen LogP) is 3.09. The molecule has 0 aliphatic heterocycles. The van der Waals surface area contributed by atoms with E-state index in [2.05, 4.69) is 15.5 Å². The van der Waals surface area contributed by atoms with E-state index in [1.165, 1.54) is 0 Å². The molecule has 0 bridgehead atoms. The van der Waals surface area contributed by atoms with E-state index < -0.39 is 5.91 Å².